The third-order valence-electron chi connectivity index (χ3n) is 1.76. The standard InChI is InChI=1S/C11H10N2O/c1-2-6-13-10(3-1)9-14-11-4-7-12-8-5-11/h1-8H,9H2. The van der Waals surface area contributed by atoms with Crippen molar-refractivity contribution in [1.82, 2.24) is 9.97 Å². The van der Waals surface area contributed by atoms with Crippen LogP contribution in [0.4, 0.5) is 0 Å². The molecule has 0 amide bonds. The Hall–Kier alpha value is -1.90. The van der Waals surface area contributed by atoms with Crippen molar-refractivity contribution >= 4 is 0 Å². The van der Waals surface area contributed by atoms with Gasteiger partial charge in [0.05, 0.1) is 5.69 Å². The molecule has 0 N–H and O–H groups in total. The normalized spacial score (nSPS) is 9.71. The second kappa shape index (κ2) is 4.37. The summed E-state index contributed by atoms with van der Waals surface area (Å²) in [6, 6.07) is 9.40. The van der Waals surface area contributed by atoms with E-state index in [1.807, 2.05) is 30.3 Å². The van der Waals surface area contributed by atoms with E-state index in [-0.39, 0.29) is 0 Å². The van der Waals surface area contributed by atoms with Gasteiger partial charge in [0.1, 0.15) is 12.4 Å². The van der Waals surface area contributed by atoms with Gasteiger partial charge in [0.2, 0.25) is 0 Å². The van der Waals surface area contributed by atoms with Gasteiger partial charge in [-0.05, 0) is 24.3 Å². The molecule has 0 spiro atoms. The van der Waals surface area contributed by atoms with Crippen molar-refractivity contribution in [2.75, 3.05) is 0 Å². The molecule has 0 aliphatic carbocycles. The second-order valence-corrected chi connectivity index (χ2v) is 2.79. The molecule has 14 heavy (non-hydrogen) atoms. The monoisotopic (exact) mass is 186 g/mol. The lowest BCUT2D eigenvalue weighted by Gasteiger charge is -2.03. The van der Waals surface area contributed by atoms with Gasteiger partial charge in [-0.3, -0.25) is 9.97 Å². The van der Waals surface area contributed by atoms with E-state index in [1.54, 1.807) is 18.6 Å². The van der Waals surface area contributed by atoms with Crippen LogP contribution in [-0.4, -0.2) is 9.97 Å². The first kappa shape index (κ1) is 8.69. The molecule has 2 aromatic heterocycles. The third kappa shape index (κ3) is 2.29. The zero-order valence-corrected chi connectivity index (χ0v) is 7.63. The summed E-state index contributed by atoms with van der Waals surface area (Å²) in [5.74, 6) is 0.811. The fraction of sp³-hybridized carbons (Fsp3) is 0.0909. The maximum absolute atomic E-state index is 5.49. The molecule has 2 heterocycles. The number of rotatable bonds is 3. The number of hydrogen-bond donors (Lipinski definition) is 0. The summed E-state index contributed by atoms with van der Waals surface area (Å²) in [5.41, 5.74) is 0.921. The summed E-state index contributed by atoms with van der Waals surface area (Å²) in [4.78, 5) is 8.06. The lowest BCUT2D eigenvalue weighted by molar-refractivity contribution is 0.301. The second-order valence-electron chi connectivity index (χ2n) is 2.79. The molecule has 0 aliphatic heterocycles. The zero-order chi connectivity index (χ0) is 9.64. The fourth-order valence-electron chi connectivity index (χ4n) is 1.08. The average molecular weight is 186 g/mol. The molecule has 0 aromatic carbocycles. The zero-order valence-electron chi connectivity index (χ0n) is 7.63. The van der Waals surface area contributed by atoms with Crippen LogP contribution in [0.1, 0.15) is 5.69 Å². The van der Waals surface area contributed by atoms with E-state index in [0.717, 1.165) is 11.4 Å². The van der Waals surface area contributed by atoms with Crippen LogP contribution in [0.15, 0.2) is 48.9 Å². The van der Waals surface area contributed by atoms with E-state index in [2.05, 4.69) is 9.97 Å². The number of ether oxygens (including phenoxy) is 1. The minimum atomic E-state index is 0.491. The predicted molar refractivity (Wildman–Crippen MR) is 52.8 cm³/mol. The van der Waals surface area contributed by atoms with Gasteiger partial charge >= 0.3 is 0 Å². The molecule has 0 atom stereocenters. The maximum Gasteiger partial charge on any atom is 0.130 e. The molecule has 70 valence electrons. The van der Waals surface area contributed by atoms with Gasteiger partial charge in [-0.1, -0.05) is 6.07 Å². The Morgan fingerprint density at radius 2 is 1.86 bits per heavy atom. The van der Waals surface area contributed by atoms with Crippen LogP contribution in [-0.2, 0) is 6.61 Å². The van der Waals surface area contributed by atoms with Crippen molar-refractivity contribution in [1.29, 1.82) is 0 Å². The highest BCUT2D eigenvalue weighted by Gasteiger charge is 1.94. The smallest absolute Gasteiger partial charge is 0.130 e. The number of nitrogens with zero attached hydrogens (tertiary/aromatic N) is 2. The lowest BCUT2D eigenvalue weighted by Crippen LogP contribution is -1.97. The Kier molecular flexibility index (Phi) is 2.71. The van der Waals surface area contributed by atoms with Gasteiger partial charge in [0.15, 0.2) is 0 Å². The van der Waals surface area contributed by atoms with E-state index < -0.39 is 0 Å². The maximum atomic E-state index is 5.49. The van der Waals surface area contributed by atoms with Gasteiger partial charge in [0.25, 0.3) is 0 Å². The molecule has 2 rings (SSSR count). The molecule has 0 bridgehead atoms. The molecule has 0 unspecified atom stereocenters. The van der Waals surface area contributed by atoms with Crippen LogP contribution >= 0.6 is 0 Å². The van der Waals surface area contributed by atoms with Crippen LogP contribution in [0.3, 0.4) is 0 Å². The SMILES string of the molecule is c1ccc(COc2ccncc2)nc1. The highest BCUT2D eigenvalue weighted by Crippen LogP contribution is 2.08. The van der Waals surface area contributed by atoms with Crippen molar-refractivity contribution in [3.05, 3.63) is 54.6 Å². The molecule has 0 fully saturated rings. The molecular formula is C11H10N2O. The fourth-order valence-corrected chi connectivity index (χ4v) is 1.08. The molecule has 0 saturated carbocycles. The van der Waals surface area contributed by atoms with Gasteiger partial charge in [-0.15, -0.1) is 0 Å². The number of pyridine rings is 2. The van der Waals surface area contributed by atoms with Gasteiger partial charge in [0, 0.05) is 18.6 Å². The summed E-state index contributed by atoms with van der Waals surface area (Å²) in [6.45, 7) is 0.491. The Labute approximate surface area is 82.4 Å². The average Bonchev–Trinajstić information content (AvgIpc) is 2.29. The van der Waals surface area contributed by atoms with E-state index in [1.165, 1.54) is 0 Å². The third-order valence-corrected chi connectivity index (χ3v) is 1.76. The first-order valence-corrected chi connectivity index (χ1v) is 4.38. The van der Waals surface area contributed by atoms with Crippen molar-refractivity contribution in [3.63, 3.8) is 0 Å². The minimum Gasteiger partial charge on any atom is -0.487 e. The highest BCUT2D eigenvalue weighted by molar-refractivity contribution is 5.17. The van der Waals surface area contributed by atoms with Crippen LogP contribution in [0.25, 0.3) is 0 Å². The Bertz CT molecular complexity index is 336. The van der Waals surface area contributed by atoms with Crippen LogP contribution in [0, 0.1) is 0 Å². The molecule has 0 saturated heterocycles. The van der Waals surface area contributed by atoms with Crippen molar-refractivity contribution < 1.29 is 4.74 Å². The summed E-state index contributed by atoms with van der Waals surface area (Å²) < 4.78 is 5.49. The van der Waals surface area contributed by atoms with Gasteiger partial charge < -0.3 is 4.74 Å². The molecule has 3 heteroatoms. The molecule has 3 nitrogen and oxygen atoms in total. The highest BCUT2D eigenvalue weighted by atomic mass is 16.5. The molecule has 0 aliphatic rings. The number of aromatic nitrogens is 2. The van der Waals surface area contributed by atoms with Gasteiger partial charge in [-0.2, -0.15) is 0 Å². The Morgan fingerprint density at radius 1 is 1.00 bits per heavy atom. The largest absolute Gasteiger partial charge is 0.487 e. The number of hydrogen-bond acceptors (Lipinski definition) is 3. The quantitative estimate of drug-likeness (QED) is 0.735. The van der Waals surface area contributed by atoms with Crippen LogP contribution in [0.5, 0.6) is 5.75 Å². The topological polar surface area (TPSA) is 35.0 Å². The van der Waals surface area contributed by atoms with Crippen LogP contribution < -0.4 is 4.74 Å². The summed E-state index contributed by atoms with van der Waals surface area (Å²) in [7, 11) is 0. The van der Waals surface area contributed by atoms with E-state index in [0.29, 0.717) is 6.61 Å². The predicted octanol–water partition coefficient (Wildman–Crippen LogP) is 2.06. The summed E-state index contributed by atoms with van der Waals surface area (Å²) >= 11 is 0. The van der Waals surface area contributed by atoms with Crippen molar-refractivity contribution in [2.24, 2.45) is 0 Å². The van der Waals surface area contributed by atoms with Crippen LogP contribution in [0.2, 0.25) is 0 Å². The molecular weight excluding hydrogens is 176 g/mol. The van der Waals surface area contributed by atoms with E-state index in [9.17, 15) is 0 Å². The first-order valence-electron chi connectivity index (χ1n) is 4.38. The van der Waals surface area contributed by atoms with Crippen molar-refractivity contribution in [2.45, 2.75) is 6.61 Å². The molecule has 2 aromatic rings. The van der Waals surface area contributed by atoms with E-state index in [4.69, 9.17) is 4.74 Å². The lowest BCUT2D eigenvalue weighted by atomic mass is 10.4. The summed E-state index contributed by atoms with van der Waals surface area (Å²) in [5, 5.41) is 0. The first-order chi connectivity index (χ1) is 6.95. The van der Waals surface area contributed by atoms with Gasteiger partial charge in [-0.25, -0.2) is 0 Å². The minimum absolute atomic E-state index is 0.491. The Morgan fingerprint density at radius 3 is 2.57 bits per heavy atom. The van der Waals surface area contributed by atoms with E-state index >= 15 is 0 Å². The molecule has 0 radical (unpaired) electrons. The summed E-state index contributed by atoms with van der Waals surface area (Å²) in [6.07, 6.45) is 5.16. The Balaban J connectivity index is 1.96. The van der Waals surface area contributed by atoms with Crippen molar-refractivity contribution in [3.8, 4) is 5.75 Å².